The fourth-order valence-electron chi connectivity index (χ4n) is 3.13. The van der Waals surface area contributed by atoms with E-state index in [4.69, 9.17) is 16.3 Å². The normalized spacial score (nSPS) is 24.7. The quantitative estimate of drug-likeness (QED) is 0.564. The van der Waals surface area contributed by atoms with Gasteiger partial charge in [-0.05, 0) is 35.3 Å². The van der Waals surface area contributed by atoms with Crippen molar-refractivity contribution in [2.45, 2.75) is 24.4 Å². The number of carbonyl (C=O) groups is 1. The predicted octanol–water partition coefficient (Wildman–Crippen LogP) is 1.23. The second-order valence-corrected chi connectivity index (χ2v) is 7.20. The van der Waals surface area contributed by atoms with Gasteiger partial charge >= 0.3 is 5.69 Å². The van der Waals surface area contributed by atoms with Crippen molar-refractivity contribution in [3.63, 3.8) is 0 Å². The first-order valence-corrected chi connectivity index (χ1v) is 9.52. The fourth-order valence-corrected chi connectivity index (χ4v) is 3.54. The van der Waals surface area contributed by atoms with Gasteiger partial charge in [0, 0.05) is 23.2 Å². The summed E-state index contributed by atoms with van der Waals surface area (Å²) < 4.78 is 6.66. The van der Waals surface area contributed by atoms with E-state index in [2.05, 4.69) is 20.9 Å². The number of rotatable bonds is 5. The number of hydrogen-bond acceptors (Lipinski definition) is 6. The SMILES string of the molecule is O=C(c1ccc(Cl)cc1)[C@]1(n2cc(C=CBr)c(=O)[nH]c2=O)C[C@H](O)[C@@H](CO)O1. The summed E-state index contributed by atoms with van der Waals surface area (Å²) >= 11 is 8.93. The minimum Gasteiger partial charge on any atom is -0.394 e. The molecule has 0 aliphatic carbocycles. The van der Waals surface area contributed by atoms with Crippen molar-refractivity contribution in [2.24, 2.45) is 0 Å². The lowest BCUT2D eigenvalue weighted by Gasteiger charge is -2.29. The second-order valence-electron chi connectivity index (χ2n) is 6.24. The predicted molar refractivity (Wildman–Crippen MR) is 106 cm³/mol. The molecule has 0 bridgehead atoms. The largest absolute Gasteiger partial charge is 0.394 e. The maximum atomic E-state index is 13.4. The Balaban J connectivity index is 2.23. The molecule has 0 unspecified atom stereocenters. The first-order valence-electron chi connectivity index (χ1n) is 8.22. The maximum absolute atomic E-state index is 13.4. The number of benzene rings is 1. The average Bonchev–Trinajstić information content (AvgIpc) is 3.01. The van der Waals surface area contributed by atoms with Crippen LogP contribution in [-0.4, -0.2) is 44.4 Å². The van der Waals surface area contributed by atoms with Crippen LogP contribution in [0.15, 0.2) is 45.0 Å². The number of H-pyrrole nitrogens is 1. The third kappa shape index (κ3) is 3.63. The van der Waals surface area contributed by atoms with Crippen molar-refractivity contribution >= 4 is 39.4 Å². The van der Waals surface area contributed by atoms with Crippen LogP contribution in [-0.2, 0) is 10.5 Å². The lowest BCUT2D eigenvalue weighted by Crippen LogP contribution is -2.50. The van der Waals surface area contributed by atoms with E-state index in [0.29, 0.717) is 5.02 Å². The Hall–Kier alpha value is -2.04. The van der Waals surface area contributed by atoms with Gasteiger partial charge in [-0.15, -0.1) is 0 Å². The molecule has 1 aromatic carbocycles. The molecule has 0 amide bonds. The second kappa shape index (κ2) is 8.14. The third-order valence-electron chi connectivity index (χ3n) is 4.50. The highest BCUT2D eigenvalue weighted by Gasteiger charge is 2.53. The van der Waals surface area contributed by atoms with Crippen molar-refractivity contribution in [1.29, 1.82) is 0 Å². The Bertz CT molecular complexity index is 1030. The van der Waals surface area contributed by atoms with Crippen molar-refractivity contribution in [3.8, 4) is 0 Å². The molecule has 1 fully saturated rings. The molecule has 10 heteroatoms. The molecule has 0 spiro atoms. The van der Waals surface area contributed by atoms with E-state index in [1.165, 1.54) is 41.5 Å². The summed E-state index contributed by atoms with van der Waals surface area (Å²) in [6, 6.07) is 5.94. The summed E-state index contributed by atoms with van der Waals surface area (Å²) in [5.41, 5.74) is -3.21. The molecule has 1 aliphatic heterocycles. The van der Waals surface area contributed by atoms with E-state index in [-0.39, 0.29) is 17.5 Å². The molecular formula is C18H16BrClN2O6. The van der Waals surface area contributed by atoms with E-state index >= 15 is 0 Å². The number of Topliss-reactive ketones (excluding diaryl/α,β-unsaturated/α-hetero) is 1. The van der Waals surface area contributed by atoms with Crippen LogP contribution in [0.3, 0.4) is 0 Å². The fraction of sp³-hybridized carbons (Fsp3) is 0.278. The van der Waals surface area contributed by atoms with Gasteiger partial charge in [-0.3, -0.25) is 19.1 Å². The van der Waals surface area contributed by atoms with Gasteiger partial charge in [0.15, 0.2) is 0 Å². The zero-order chi connectivity index (χ0) is 20.5. The van der Waals surface area contributed by atoms with Gasteiger partial charge in [0.05, 0.1) is 18.3 Å². The maximum Gasteiger partial charge on any atom is 0.331 e. The van der Waals surface area contributed by atoms with E-state index in [1.54, 1.807) is 0 Å². The van der Waals surface area contributed by atoms with Gasteiger partial charge in [-0.25, -0.2) is 4.79 Å². The van der Waals surface area contributed by atoms with E-state index in [0.717, 1.165) is 4.57 Å². The molecule has 1 saturated heterocycles. The Labute approximate surface area is 172 Å². The van der Waals surface area contributed by atoms with Gasteiger partial charge < -0.3 is 14.9 Å². The number of nitrogens with zero attached hydrogens (tertiary/aromatic N) is 1. The van der Waals surface area contributed by atoms with Gasteiger partial charge in [-0.1, -0.05) is 27.5 Å². The van der Waals surface area contributed by atoms with Crippen LogP contribution in [0.1, 0.15) is 22.3 Å². The molecule has 3 rings (SSSR count). The average molecular weight is 472 g/mol. The standard InChI is InChI=1S/C18H16BrClN2O6/c19-6-5-11-8-22(17(27)21-16(11)26)18(7-13(24)14(9-23)28-18)15(25)10-1-3-12(20)4-2-10/h1-6,8,13-14,23-24H,7,9H2,(H,21,26,27)/t13-,14+,18-/m0/s1. The van der Waals surface area contributed by atoms with Crippen LogP contribution in [0.5, 0.6) is 0 Å². The van der Waals surface area contributed by atoms with Crippen molar-refractivity contribution in [3.05, 3.63) is 72.4 Å². The highest BCUT2D eigenvalue weighted by molar-refractivity contribution is 9.11. The van der Waals surface area contributed by atoms with E-state index in [9.17, 15) is 24.6 Å². The molecule has 0 radical (unpaired) electrons. The van der Waals surface area contributed by atoms with Crippen molar-refractivity contribution < 1.29 is 19.7 Å². The van der Waals surface area contributed by atoms with Crippen molar-refractivity contribution in [2.75, 3.05) is 6.61 Å². The van der Waals surface area contributed by atoms with Crippen LogP contribution in [0, 0.1) is 0 Å². The zero-order valence-corrected chi connectivity index (χ0v) is 16.7. The molecule has 0 saturated carbocycles. The first kappa shape index (κ1) is 20.7. The highest BCUT2D eigenvalue weighted by atomic mass is 79.9. The number of ketones is 1. The zero-order valence-electron chi connectivity index (χ0n) is 14.3. The summed E-state index contributed by atoms with van der Waals surface area (Å²) in [6.07, 6.45) is 0.00687. The number of aromatic amines is 1. The van der Waals surface area contributed by atoms with E-state index < -0.39 is 41.6 Å². The van der Waals surface area contributed by atoms with Gasteiger partial charge in [-0.2, -0.15) is 0 Å². The summed E-state index contributed by atoms with van der Waals surface area (Å²) in [5, 5.41) is 20.2. The van der Waals surface area contributed by atoms with Crippen LogP contribution >= 0.6 is 27.5 Å². The van der Waals surface area contributed by atoms with Crippen LogP contribution in [0.25, 0.3) is 6.08 Å². The summed E-state index contributed by atoms with van der Waals surface area (Å²) in [6.45, 7) is -0.553. The number of aromatic nitrogens is 2. The molecule has 8 nitrogen and oxygen atoms in total. The molecule has 1 aliphatic rings. The Morgan fingerprint density at radius 1 is 1.39 bits per heavy atom. The van der Waals surface area contributed by atoms with Crippen molar-refractivity contribution in [1.82, 2.24) is 9.55 Å². The number of aliphatic hydroxyl groups is 2. The molecule has 28 heavy (non-hydrogen) atoms. The Morgan fingerprint density at radius 2 is 2.07 bits per heavy atom. The minimum absolute atomic E-state index is 0.0882. The van der Waals surface area contributed by atoms with Gasteiger partial charge in [0.2, 0.25) is 11.5 Å². The molecule has 1 aromatic heterocycles. The van der Waals surface area contributed by atoms with Crippen LogP contribution in [0.4, 0.5) is 0 Å². The Morgan fingerprint density at radius 3 is 2.64 bits per heavy atom. The minimum atomic E-state index is -1.95. The van der Waals surface area contributed by atoms with Gasteiger partial charge in [0.25, 0.3) is 5.56 Å². The first-order chi connectivity index (χ1) is 13.3. The highest BCUT2D eigenvalue weighted by Crippen LogP contribution is 2.37. The lowest BCUT2D eigenvalue weighted by atomic mass is 9.96. The number of carbonyl (C=O) groups excluding carboxylic acids is 1. The summed E-state index contributed by atoms with van der Waals surface area (Å²) in [4.78, 5) is 41.5. The number of nitrogens with one attached hydrogen (secondary N) is 1. The lowest BCUT2D eigenvalue weighted by molar-refractivity contribution is -0.0936. The topological polar surface area (TPSA) is 122 Å². The molecule has 148 valence electrons. The number of halogens is 2. The third-order valence-corrected chi connectivity index (χ3v) is 5.02. The molecular weight excluding hydrogens is 456 g/mol. The molecule has 3 atom stereocenters. The van der Waals surface area contributed by atoms with Gasteiger partial charge in [0.1, 0.15) is 6.10 Å². The number of hydrogen-bond donors (Lipinski definition) is 3. The monoisotopic (exact) mass is 470 g/mol. The van der Waals surface area contributed by atoms with E-state index in [1.807, 2.05) is 0 Å². The smallest absolute Gasteiger partial charge is 0.331 e. The van der Waals surface area contributed by atoms with Crippen LogP contribution in [0.2, 0.25) is 5.02 Å². The summed E-state index contributed by atoms with van der Waals surface area (Å²) in [5.74, 6) is -0.623. The molecule has 2 aromatic rings. The summed E-state index contributed by atoms with van der Waals surface area (Å²) in [7, 11) is 0. The number of aliphatic hydroxyl groups excluding tert-OH is 2. The number of ether oxygens (including phenoxy) is 1. The molecule has 3 N–H and O–H groups in total. The van der Waals surface area contributed by atoms with Crippen LogP contribution < -0.4 is 11.2 Å². The molecule has 2 heterocycles. The Kier molecular flexibility index (Phi) is 6.01.